The number of nitrogens with two attached hydrogens (primary N) is 1. The number of fused-ring (bicyclic) bond motifs is 1. The Labute approximate surface area is 192 Å². The number of hydrogen-bond acceptors (Lipinski definition) is 9. The van der Waals surface area contributed by atoms with Crippen LogP contribution < -0.4 is 19.9 Å². The van der Waals surface area contributed by atoms with Crippen LogP contribution in [0.4, 0.5) is 5.69 Å². The highest BCUT2D eigenvalue weighted by atomic mass is 32.2. The van der Waals surface area contributed by atoms with Crippen molar-refractivity contribution in [1.29, 1.82) is 0 Å². The molecule has 12 heteroatoms. The zero-order chi connectivity index (χ0) is 22.7. The smallest absolute Gasteiger partial charge is 0.238 e. The Morgan fingerprint density at radius 1 is 1.12 bits per heavy atom. The number of hydrogen-bond donors (Lipinski definition) is 2. The Morgan fingerprint density at radius 3 is 2.62 bits per heavy atom. The van der Waals surface area contributed by atoms with Crippen molar-refractivity contribution in [3.8, 4) is 11.5 Å². The van der Waals surface area contributed by atoms with Crippen molar-refractivity contribution in [3.05, 3.63) is 59.1 Å². The van der Waals surface area contributed by atoms with Crippen molar-refractivity contribution < 1.29 is 27.5 Å². The first-order valence-electron chi connectivity index (χ1n) is 9.21. The van der Waals surface area contributed by atoms with Crippen LogP contribution in [0.5, 0.6) is 11.5 Å². The van der Waals surface area contributed by atoms with Crippen molar-refractivity contribution in [1.82, 2.24) is 4.98 Å². The number of thiazole rings is 1. The molecule has 3 aromatic rings. The SMILES string of the molecule is NS(=O)(=O)c1ccc(NC(=O)Cc2csc(SCC(=O)c3ccc4c(c3)OCO4)n2)cc1. The van der Waals surface area contributed by atoms with Crippen molar-refractivity contribution in [2.75, 3.05) is 17.9 Å². The number of thioether (sulfide) groups is 1. The normalized spacial score (nSPS) is 12.5. The fraction of sp³-hybridized carbons (Fsp3) is 0.150. The maximum atomic E-state index is 12.4. The van der Waals surface area contributed by atoms with Crippen molar-refractivity contribution >= 4 is 50.5 Å². The second-order valence-corrected chi connectivity index (χ2v) is 10.3. The van der Waals surface area contributed by atoms with E-state index in [9.17, 15) is 18.0 Å². The molecule has 0 saturated carbocycles. The van der Waals surface area contributed by atoms with Gasteiger partial charge in [0.2, 0.25) is 22.7 Å². The van der Waals surface area contributed by atoms with Crippen LogP contribution in [-0.4, -0.2) is 37.6 Å². The molecule has 0 fully saturated rings. The highest BCUT2D eigenvalue weighted by molar-refractivity contribution is 8.01. The number of ketones is 1. The van der Waals surface area contributed by atoms with E-state index in [1.54, 1.807) is 23.6 Å². The molecule has 3 N–H and O–H groups in total. The summed E-state index contributed by atoms with van der Waals surface area (Å²) >= 11 is 2.65. The van der Waals surface area contributed by atoms with Crippen LogP contribution in [0.1, 0.15) is 16.1 Å². The monoisotopic (exact) mass is 491 g/mol. The molecule has 9 nitrogen and oxygen atoms in total. The molecule has 0 atom stereocenters. The van der Waals surface area contributed by atoms with E-state index in [0.717, 1.165) is 0 Å². The Balaban J connectivity index is 1.29. The lowest BCUT2D eigenvalue weighted by Crippen LogP contribution is -2.15. The lowest BCUT2D eigenvalue weighted by atomic mass is 10.1. The molecule has 166 valence electrons. The molecule has 0 radical (unpaired) electrons. The van der Waals surface area contributed by atoms with Gasteiger partial charge < -0.3 is 14.8 Å². The second kappa shape index (κ2) is 9.28. The van der Waals surface area contributed by atoms with E-state index in [0.29, 0.717) is 32.8 Å². The summed E-state index contributed by atoms with van der Waals surface area (Å²) in [6.45, 7) is 0.151. The maximum absolute atomic E-state index is 12.4. The number of aromatic nitrogens is 1. The molecule has 2 aromatic carbocycles. The molecule has 0 bridgehead atoms. The average Bonchev–Trinajstić information content (AvgIpc) is 3.40. The summed E-state index contributed by atoms with van der Waals surface area (Å²) in [6, 6.07) is 10.6. The summed E-state index contributed by atoms with van der Waals surface area (Å²) in [6.07, 6.45) is 0.0457. The number of carbonyl (C=O) groups is 2. The highest BCUT2D eigenvalue weighted by Gasteiger charge is 2.17. The summed E-state index contributed by atoms with van der Waals surface area (Å²) in [7, 11) is -3.79. The quantitative estimate of drug-likeness (QED) is 0.362. The van der Waals surface area contributed by atoms with E-state index < -0.39 is 10.0 Å². The molecule has 0 saturated heterocycles. The number of sulfonamides is 1. The van der Waals surface area contributed by atoms with Crippen LogP contribution in [-0.2, 0) is 21.2 Å². The zero-order valence-corrected chi connectivity index (χ0v) is 18.9. The van der Waals surface area contributed by atoms with Crippen LogP contribution in [0.25, 0.3) is 0 Å². The van der Waals surface area contributed by atoms with Crippen LogP contribution in [0, 0.1) is 0 Å². The number of nitrogens with zero attached hydrogens (tertiary/aromatic N) is 1. The Bertz CT molecular complexity index is 1270. The van der Waals surface area contributed by atoms with E-state index in [2.05, 4.69) is 10.3 Å². The second-order valence-electron chi connectivity index (χ2n) is 6.68. The number of primary sulfonamides is 1. The number of rotatable bonds is 8. The maximum Gasteiger partial charge on any atom is 0.238 e. The molecule has 1 aromatic heterocycles. The van der Waals surface area contributed by atoms with Crippen LogP contribution in [0.15, 0.2) is 57.1 Å². The van der Waals surface area contributed by atoms with Gasteiger partial charge in [-0.15, -0.1) is 11.3 Å². The zero-order valence-electron chi connectivity index (χ0n) is 16.4. The fourth-order valence-corrected chi connectivity index (χ4v) is 5.07. The number of Topliss-reactive ketones (excluding diaryl/α,β-unsaturated/α-hetero) is 1. The molecule has 0 spiro atoms. The summed E-state index contributed by atoms with van der Waals surface area (Å²) in [5.74, 6) is 1.02. The number of amides is 1. The minimum Gasteiger partial charge on any atom is -0.454 e. The number of ether oxygens (including phenoxy) is 2. The first-order chi connectivity index (χ1) is 15.3. The molecule has 0 aliphatic carbocycles. The predicted molar refractivity (Wildman–Crippen MR) is 120 cm³/mol. The molecule has 32 heavy (non-hydrogen) atoms. The average molecular weight is 492 g/mol. The van der Waals surface area contributed by atoms with E-state index in [4.69, 9.17) is 14.6 Å². The number of carbonyl (C=O) groups excluding carboxylic acids is 2. The minimum atomic E-state index is -3.79. The summed E-state index contributed by atoms with van der Waals surface area (Å²) in [5, 5.41) is 9.49. The summed E-state index contributed by atoms with van der Waals surface area (Å²) in [4.78, 5) is 29.0. The lowest BCUT2D eigenvalue weighted by molar-refractivity contribution is -0.115. The van der Waals surface area contributed by atoms with Gasteiger partial charge >= 0.3 is 0 Å². The standard InChI is InChI=1S/C20H17N3O6S3/c21-32(26,27)15-4-2-13(3-5-15)22-19(25)8-14-9-30-20(23-14)31-10-16(24)12-1-6-17-18(7-12)29-11-28-17/h1-7,9H,8,10-11H2,(H,22,25)(H2,21,26,27). The van der Waals surface area contributed by atoms with Gasteiger partial charge in [-0.25, -0.2) is 18.5 Å². The van der Waals surface area contributed by atoms with Crippen molar-refractivity contribution in [2.24, 2.45) is 5.14 Å². The van der Waals surface area contributed by atoms with Gasteiger partial charge in [-0.3, -0.25) is 9.59 Å². The third-order valence-corrected chi connectivity index (χ3v) is 7.36. The Morgan fingerprint density at radius 2 is 1.88 bits per heavy atom. The molecule has 2 heterocycles. The third-order valence-electron chi connectivity index (χ3n) is 4.36. The van der Waals surface area contributed by atoms with Gasteiger partial charge in [-0.1, -0.05) is 11.8 Å². The number of nitrogens with one attached hydrogen (secondary N) is 1. The predicted octanol–water partition coefficient (Wildman–Crippen LogP) is 2.68. The molecular weight excluding hydrogens is 474 g/mol. The van der Waals surface area contributed by atoms with Gasteiger partial charge in [0.1, 0.15) is 0 Å². The molecule has 1 aliphatic rings. The summed E-state index contributed by atoms with van der Waals surface area (Å²) in [5.41, 5.74) is 1.56. The van der Waals surface area contributed by atoms with E-state index in [1.165, 1.54) is 47.4 Å². The van der Waals surface area contributed by atoms with Gasteiger partial charge in [0.25, 0.3) is 0 Å². The van der Waals surface area contributed by atoms with Crippen LogP contribution >= 0.6 is 23.1 Å². The van der Waals surface area contributed by atoms with Gasteiger partial charge in [0.15, 0.2) is 21.6 Å². The van der Waals surface area contributed by atoms with Crippen LogP contribution in [0.3, 0.4) is 0 Å². The topological polar surface area (TPSA) is 138 Å². The van der Waals surface area contributed by atoms with Gasteiger partial charge in [-0.2, -0.15) is 0 Å². The van der Waals surface area contributed by atoms with E-state index in [1.807, 2.05) is 0 Å². The summed E-state index contributed by atoms with van der Waals surface area (Å²) < 4.78 is 33.8. The Hall–Kier alpha value is -2.93. The fourth-order valence-electron chi connectivity index (χ4n) is 2.81. The molecule has 1 amide bonds. The van der Waals surface area contributed by atoms with Crippen LogP contribution in [0.2, 0.25) is 0 Å². The number of benzene rings is 2. The molecular formula is C20H17N3O6S3. The molecule has 4 rings (SSSR count). The Kier molecular flexibility index (Phi) is 6.46. The molecule has 1 aliphatic heterocycles. The van der Waals surface area contributed by atoms with E-state index >= 15 is 0 Å². The number of anilines is 1. The first-order valence-corrected chi connectivity index (χ1v) is 12.6. The van der Waals surface area contributed by atoms with E-state index in [-0.39, 0.29) is 35.6 Å². The van der Waals surface area contributed by atoms with Gasteiger partial charge in [0, 0.05) is 16.6 Å². The van der Waals surface area contributed by atoms with Gasteiger partial charge in [0.05, 0.1) is 22.8 Å². The van der Waals surface area contributed by atoms with Gasteiger partial charge in [-0.05, 0) is 42.5 Å². The van der Waals surface area contributed by atoms with Crippen molar-refractivity contribution in [2.45, 2.75) is 15.7 Å². The largest absolute Gasteiger partial charge is 0.454 e. The highest BCUT2D eigenvalue weighted by Crippen LogP contribution is 2.33. The third kappa shape index (κ3) is 5.46. The lowest BCUT2D eigenvalue weighted by Gasteiger charge is -2.05. The first kappa shape index (κ1) is 22.3. The van der Waals surface area contributed by atoms with Crippen molar-refractivity contribution in [3.63, 3.8) is 0 Å². The molecule has 0 unspecified atom stereocenters. The minimum absolute atomic E-state index is 0.0352.